The molecule has 1 saturated heterocycles. The van der Waals surface area contributed by atoms with E-state index in [0.717, 1.165) is 32.0 Å². The molecule has 16 heavy (non-hydrogen) atoms. The van der Waals surface area contributed by atoms with Gasteiger partial charge in [0.2, 0.25) is 0 Å². The van der Waals surface area contributed by atoms with E-state index in [1.165, 1.54) is 5.56 Å². The highest BCUT2D eigenvalue weighted by molar-refractivity contribution is 5.45. The Labute approximate surface area is 98.1 Å². The van der Waals surface area contributed by atoms with Crippen molar-refractivity contribution in [3.63, 3.8) is 0 Å². The van der Waals surface area contributed by atoms with Gasteiger partial charge in [0.15, 0.2) is 0 Å². The molecule has 0 atom stereocenters. The Bertz CT molecular complexity index is 341. The molecule has 0 bridgehead atoms. The second-order valence-electron chi connectivity index (χ2n) is 4.69. The number of hydrogen-bond donors (Lipinski definition) is 0. The Morgan fingerprint density at radius 3 is 2.50 bits per heavy atom. The highest BCUT2D eigenvalue weighted by atomic mass is 15.3. The van der Waals surface area contributed by atoms with Gasteiger partial charge < -0.3 is 4.90 Å². The molecule has 1 aromatic heterocycles. The zero-order valence-corrected chi connectivity index (χ0v) is 10.4. The van der Waals surface area contributed by atoms with Crippen LogP contribution in [0.1, 0.15) is 19.4 Å². The quantitative estimate of drug-likeness (QED) is 0.753. The van der Waals surface area contributed by atoms with Gasteiger partial charge in [-0.2, -0.15) is 0 Å². The molecule has 0 aromatic carbocycles. The lowest BCUT2D eigenvalue weighted by atomic mass is 10.2. The molecule has 3 nitrogen and oxygen atoms in total. The van der Waals surface area contributed by atoms with Gasteiger partial charge in [-0.15, -0.1) is 0 Å². The van der Waals surface area contributed by atoms with Crippen LogP contribution in [0.25, 0.3) is 0 Å². The summed E-state index contributed by atoms with van der Waals surface area (Å²) in [7, 11) is 0. The number of pyridine rings is 1. The Morgan fingerprint density at radius 2 is 1.94 bits per heavy atom. The van der Waals surface area contributed by atoms with Crippen molar-refractivity contribution in [1.82, 2.24) is 9.88 Å². The second kappa shape index (κ2) is 4.83. The average molecular weight is 218 g/mol. The highest BCUT2D eigenvalue weighted by Crippen LogP contribution is 2.18. The average Bonchev–Trinajstić information content (AvgIpc) is 2.30. The van der Waals surface area contributed by atoms with Crippen molar-refractivity contribution < 1.29 is 0 Å². The fourth-order valence-corrected chi connectivity index (χ4v) is 2.21. The molecule has 1 aromatic rings. The maximum Gasteiger partial charge on any atom is 0.131 e. The monoisotopic (exact) mass is 218 g/mol. The van der Waals surface area contributed by atoms with Crippen LogP contribution < -0.4 is 4.90 Å². The van der Waals surface area contributed by atoms with Crippen molar-refractivity contribution in [2.75, 3.05) is 31.1 Å². The van der Waals surface area contributed by atoms with E-state index < -0.39 is 0 Å². The molecule has 0 aliphatic carbocycles. The SMILES string of the molecule is Cc1c[c]cnc1N1CCN(C(C)C)CC1. The van der Waals surface area contributed by atoms with Crippen molar-refractivity contribution in [1.29, 1.82) is 0 Å². The van der Waals surface area contributed by atoms with Crippen LogP contribution in [0.2, 0.25) is 0 Å². The first kappa shape index (κ1) is 11.4. The summed E-state index contributed by atoms with van der Waals surface area (Å²) in [6.45, 7) is 11.1. The smallest absolute Gasteiger partial charge is 0.131 e. The Balaban J connectivity index is 2.02. The molecule has 0 spiro atoms. The van der Waals surface area contributed by atoms with Crippen LogP contribution in [0.3, 0.4) is 0 Å². The summed E-state index contributed by atoms with van der Waals surface area (Å²) in [6, 6.07) is 5.68. The van der Waals surface area contributed by atoms with Gasteiger partial charge in [-0.3, -0.25) is 4.90 Å². The molecule has 1 radical (unpaired) electrons. The topological polar surface area (TPSA) is 19.4 Å². The van der Waals surface area contributed by atoms with Crippen LogP contribution in [0.4, 0.5) is 5.82 Å². The summed E-state index contributed by atoms with van der Waals surface area (Å²) in [4.78, 5) is 9.32. The number of rotatable bonds is 2. The van der Waals surface area contributed by atoms with Gasteiger partial charge in [0.05, 0.1) is 0 Å². The lowest BCUT2D eigenvalue weighted by molar-refractivity contribution is 0.209. The first-order valence-electron chi connectivity index (χ1n) is 6.00. The number of aromatic nitrogens is 1. The summed E-state index contributed by atoms with van der Waals surface area (Å²) in [5, 5.41) is 0. The molecule has 0 N–H and O–H groups in total. The summed E-state index contributed by atoms with van der Waals surface area (Å²) in [6.07, 6.45) is 1.76. The third-order valence-corrected chi connectivity index (χ3v) is 3.26. The van der Waals surface area contributed by atoms with E-state index >= 15 is 0 Å². The van der Waals surface area contributed by atoms with Crippen LogP contribution in [0, 0.1) is 13.0 Å². The number of anilines is 1. The van der Waals surface area contributed by atoms with E-state index in [9.17, 15) is 0 Å². The number of hydrogen-bond acceptors (Lipinski definition) is 3. The summed E-state index contributed by atoms with van der Waals surface area (Å²) < 4.78 is 0. The molecular weight excluding hydrogens is 198 g/mol. The van der Waals surface area contributed by atoms with Crippen molar-refractivity contribution in [3.8, 4) is 0 Å². The van der Waals surface area contributed by atoms with Gasteiger partial charge >= 0.3 is 0 Å². The molecule has 0 unspecified atom stereocenters. The van der Waals surface area contributed by atoms with Gasteiger partial charge in [-0.25, -0.2) is 4.98 Å². The molecule has 3 heteroatoms. The van der Waals surface area contributed by atoms with Gasteiger partial charge in [0.25, 0.3) is 0 Å². The lowest BCUT2D eigenvalue weighted by Gasteiger charge is -2.37. The normalized spacial score (nSPS) is 18.1. The van der Waals surface area contributed by atoms with Gasteiger partial charge in [0.1, 0.15) is 5.82 Å². The van der Waals surface area contributed by atoms with Gasteiger partial charge in [-0.05, 0) is 32.4 Å². The Hall–Kier alpha value is -1.09. The van der Waals surface area contributed by atoms with E-state index in [1.807, 2.05) is 6.07 Å². The van der Waals surface area contributed by atoms with Crippen molar-refractivity contribution in [2.24, 2.45) is 0 Å². The lowest BCUT2D eigenvalue weighted by Crippen LogP contribution is -2.49. The molecule has 0 amide bonds. The minimum atomic E-state index is 0.653. The standard InChI is InChI=1S/C13H20N3/c1-11(2)15-7-9-16(10-8-15)13-12(3)5-4-6-14-13/h5-6,11H,7-10H2,1-3H3. The van der Waals surface area contributed by atoms with Crippen molar-refractivity contribution in [3.05, 3.63) is 23.9 Å². The highest BCUT2D eigenvalue weighted by Gasteiger charge is 2.20. The first-order chi connectivity index (χ1) is 7.68. The minimum Gasteiger partial charge on any atom is -0.354 e. The van der Waals surface area contributed by atoms with Crippen molar-refractivity contribution >= 4 is 5.82 Å². The maximum atomic E-state index is 4.42. The number of piperazine rings is 1. The van der Waals surface area contributed by atoms with Gasteiger partial charge in [0, 0.05) is 44.5 Å². The largest absolute Gasteiger partial charge is 0.354 e. The number of nitrogens with zero attached hydrogens (tertiary/aromatic N) is 3. The fourth-order valence-electron chi connectivity index (χ4n) is 2.21. The second-order valence-corrected chi connectivity index (χ2v) is 4.69. The molecule has 2 heterocycles. The molecular formula is C13H20N3. The molecule has 1 aliphatic heterocycles. The Morgan fingerprint density at radius 1 is 1.25 bits per heavy atom. The van der Waals surface area contributed by atoms with Crippen LogP contribution >= 0.6 is 0 Å². The predicted molar refractivity (Wildman–Crippen MR) is 66.7 cm³/mol. The molecule has 1 aliphatic rings. The van der Waals surface area contributed by atoms with E-state index in [1.54, 1.807) is 6.20 Å². The van der Waals surface area contributed by atoms with E-state index in [4.69, 9.17) is 0 Å². The van der Waals surface area contributed by atoms with Crippen LogP contribution in [-0.4, -0.2) is 42.1 Å². The predicted octanol–water partition coefficient (Wildman–Crippen LogP) is 1.72. The van der Waals surface area contributed by atoms with Crippen LogP contribution in [0.5, 0.6) is 0 Å². The zero-order chi connectivity index (χ0) is 11.5. The molecule has 2 rings (SSSR count). The first-order valence-corrected chi connectivity index (χ1v) is 6.00. The molecule has 1 fully saturated rings. The van der Waals surface area contributed by atoms with Crippen LogP contribution in [-0.2, 0) is 0 Å². The maximum absolute atomic E-state index is 4.42. The summed E-state index contributed by atoms with van der Waals surface area (Å²) >= 11 is 0. The molecule has 0 saturated carbocycles. The molecule has 87 valence electrons. The summed E-state index contributed by atoms with van der Waals surface area (Å²) in [5.74, 6) is 1.13. The van der Waals surface area contributed by atoms with E-state index in [-0.39, 0.29) is 0 Å². The van der Waals surface area contributed by atoms with E-state index in [0.29, 0.717) is 6.04 Å². The fraction of sp³-hybridized carbons (Fsp3) is 0.615. The van der Waals surface area contributed by atoms with Crippen LogP contribution in [0.15, 0.2) is 12.3 Å². The van der Waals surface area contributed by atoms with Crippen molar-refractivity contribution in [2.45, 2.75) is 26.8 Å². The Kier molecular flexibility index (Phi) is 3.44. The third-order valence-electron chi connectivity index (χ3n) is 3.26. The zero-order valence-electron chi connectivity index (χ0n) is 10.4. The third kappa shape index (κ3) is 2.35. The van der Waals surface area contributed by atoms with E-state index in [2.05, 4.69) is 41.6 Å². The van der Waals surface area contributed by atoms with Gasteiger partial charge in [-0.1, -0.05) is 0 Å². The minimum absolute atomic E-state index is 0.653. The number of aryl methyl sites for hydroxylation is 1. The summed E-state index contributed by atoms with van der Waals surface area (Å²) in [5.41, 5.74) is 1.22.